The molecule has 23 atom stereocenters. The molecule has 8 aliphatic rings. The van der Waals surface area contributed by atoms with Gasteiger partial charge in [0.2, 0.25) is 0 Å². The Kier molecular flexibility index (Phi) is 13.2. The molecule has 10 N–H and O–H groups in total. The quantitative estimate of drug-likeness (QED) is 0.116. The molecule has 7 fully saturated rings. The second-order valence-electron chi connectivity index (χ2n) is 22.9. The van der Waals surface area contributed by atoms with Crippen LogP contribution in [0.25, 0.3) is 0 Å². The van der Waals surface area contributed by atoms with Crippen molar-refractivity contribution in [2.45, 2.75) is 205 Å². The van der Waals surface area contributed by atoms with Crippen molar-refractivity contribution in [2.75, 3.05) is 19.8 Å². The summed E-state index contributed by atoms with van der Waals surface area (Å²) in [6.45, 7) is 14.2. The van der Waals surface area contributed by atoms with Crippen LogP contribution in [0, 0.1) is 50.2 Å². The minimum Gasteiger partial charge on any atom is -0.481 e. The Morgan fingerprint density at radius 3 is 2.09 bits per heavy atom. The van der Waals surface area contributed by atoms with E-state index in [9.17, 15) is 55.9 Å². The average molecular weight is 913 g/mol. The summed E-state index contributed by atoms with van der Waals surface area (Å²) in [5.74, 6) is -0.403. The van der Waals surface area contributed by atoms with Crippen LogP contribution in [-0.2, 0) is 33.2 Å². The summed E-state index contributed by atoms with van der Waals surface area (Å²) in [6.07, 6.45) is -11.6. The Morgan fingerprint density at radius 1 is 0.734 bits per heavy atom. The minimum atomic E-state index is -1.84. The molecule has 366 valence electrons. The van der Waals surface area contributed by atoms with Crippen LogP contribution >= 0.6 is 0 Å². The van der Waals surface area contributed by atoms with Gasteiger partial charge in [0.1, 0.15) is 61.0 Å². The van der Waals surface area contributed by atoms with E-state index in [1.165, 1.54) is 12.5 Å². The lowest BCUT2D eigenvalue weighted by Crippen LogP contribution is -2.67. The van der Waals surface area contributed by atoms with Crippen molar-refractivity contribution in [2.24, 2.45) is 50.2 Å². The summed E-state index contributed by atoms with van der Waals surface area (Å²) in [5, 5.41) is 108. The van der Waals surface area contributed by atoms with Crippen LogP contribution in [0.2, 0.25) is 0 Å². The molecule has 3 heterocycles. The van der Waals surface area contributed by atoms with E-state index in [0.717, 1.165) is 44.9 Å². The first-order valence-corrected chi connectivity index (χ1v) is 23.7. The maximum atomic E-state index is 13.1. The van der Waals surface area contributed by atoms with Gasteiger partial charge in [-0.15, -0.1) is 0 Å². The highest BCUT2D eigenvalue weighted by Crippen LogP contribution is 2.76. The summed E-state index contributed by atoms with van der Waals surface area (Å²) < 4.78 is 35.8. The van der Waals surface area contributed by atoms with Crippen LogP contribution in [0.4, 0.5) is 0 Å². The highest BCUT2D eigenvalue weighted by molar-refractivity contribution is 5.76. The molecule has 64 heavy (non-hydrogen) atoms. The molecule has 0 aromatic heterocycles. The van der Waals surface area contributed by atoms with E-state index < -0.39 is 116 Å². The molecule has 0 spiro atoms. The third-order valence-corrected chi connectivity index (χ3v) is 19.1. The number of fused-ring (bicyclic) bond motifs is 7. The van der Waals surface area contributed by atoms with E-state index in [4.69, 9.17) is 28.4 Å². The zero-order valence-corrected chi connectivity index (χ0v) is 38.5. The molecule has 0 bridgehead atoms. The monoisotopic (exact) mass is 913 g/mol. The normalized spacial score (nSPS) is 55.0. The lowest BCUT2D eigenvalue weighted by molar-refractivity contribution is -0.372. The van der Waals surface area contributed by atoms with Gasteiger partial charge in [-0.25, -0.2) is 0 Å². The molecule has 4 saturated carbocycles. The van der Waals surface area contributed by atoms with Crippen molar-refractivity contribution in [3.05, 3.63) is 11.6 Å². The Hall–Kier alpha value is -1.39. The van der Waals surface area contributed by atoms with Crippen LogP contribution in [-0.4, -0.2) is 169 Å². The summed E-state index contributed by atoms with van der Waals surface area (Å²) >= 11 is 0. The average Bonchev–Trinajstić information content (AvgIpc) is 3.24. The third-order valence-electron chi connectivity index (χ3n) is 19.1. The van der Waals surface area contributed by atoms with Crippen LogP contribution in [0.1, 0.15) is 113 Å². The van der Waals surface area contributed by atoms with Crippen molar-refractivity contribution in [1.29, 1.82) is 0 Å². The van der Waals surface area contributed by atoms with Gasteiger partial charge >= 0.3 is 5.97 Å². The highest BCUT2D eigenvalue weighted by Gasteiger charge is 2.70. The van der Waals surface area contributed by atoms with Crippen molar-refractivity contribution in [1.82, 2.24) is 0 Å². The number of allylic oxidation sites excluding steroid dienone is 2. The molecule has 17 heteroatoms. The van der Waals surface area contributed by atoms with Gasteiger partial charge in [0, 0.05) is 5.41 Å². The number of ether oxygens (including phenoxy) is 6. The summed E-state index contributed by atoms with van der Waals surface area (Å²) in [4.78, 5) is 13.1. The molecular weight excluding hydrogens is 837 g/mol. The first kappa shape index (κ1) is 49.0. The molecule has 0 aromatic rings. The van der Waals surface area contributed by atoms with Crippen LogP contribution < -0.4 is 0 Å². The second kappa shape index (κ2) is 17.2. The predicted octanol–water partition coefficient (Wildman–Crippen LogP) is 1.35. The molecule has 0 amide bonds. The molecular formula is C47H76O17. The number of hydrogen-bond acceptors (Lipinski definition) is 16. The van der Waals surface area contributed by atoms with Gasteiger partial charge in [-0.2, -0.15) is 0 Å². The summed E-state index contributed by atoms with van der Waals surface area (Å²) in [5.41, 5.74) is -0.630. The topological polar surface area (TPSA) is 275 Å². The van der Waals surface area contributed by atoms with Crippen LogP contribution in [0.3, 0.4) is 0 Å². The number of carboxylic acid groups (broad SMARTS) is 1. The number of aliphatic hydroxyl groups is 9. The van der Waals surface area contributed by atoms with Gasteiger partial charge in [0.05, 0.1) is 37.4 Å². The van der Waals surface area contributed by atoms with Gasteiger partial charge in [0.15, 0.2) is 18.9 Å². The third kappa shape index (κ3) is 7.58. The molecule has 5 aliphatic carbocycles. The van der Waals surface area contributed by atoms with E-state index in [1.807, 2.05) is 6.92 Å². The molecule has 17 nitrogen and oxygen atoms in total. The number of carboxylic acids is 1. The number of aliphatic hydroxyl groups excluding tert-OH is 9. The molecule has 8 rings (SSSR count). The van der Waals surface area contributed by atoms with Gasteiger partial charge < -0.3 is 79.5 Å². The predicted molar refractivity (Wildman–Crippen MR) is 225 cm³/mol. The fourth-order valence-electron chi connectivity index (χ4n) is 14.7. The van der Waals surface area contributed by atoms with E-state index >= 15 is 0 Å². The number of aliphatic carboxylic acids is 1. The van der Waals surface area contributed by atoms with E-state index in [1.54, 1.807) is 0 Å². The first-order valence-electron chi connectivity index (χ1n) is 23.7. The smallest absolute Gasteiger partial charge is 0.310 e. The maximum Gasteiger partial charge on any atom is 0.310 e. The minimum absolute atomic E-state index is 0.00483. The van der Waals surface area contributed by atoms with E-state index in [2.05, 4.69) is 40.7 Å². The molecule has 3 saturated heterocycles. The van der Waals surface area contributed by atoms with E-state index in [0.29, 0.717) is 19.3 Å². The standard InChI is InChI=1S/C47H76O17/c1-22-30(50)33(53)35(55)38(61-22)60-20-26-32(52)34(54)36(56)39(62-26)64-37-31(51)25(49)19-59-40(37)63-29-11-12-43(4)27(44(29,5)21-48)10-13-46(7)28(43)9-8-23-24-18-42(2,3)14-16-47(24,41(57)58)17-15-45(23,46)6/h8,22,24-40,48-56H,9-21H2,1-7H3,(H,57,58)/t22-,24+,25-,26+,27+,28+,29-,30-,31-,32+,33+,34-,35+,36+,37+,38+,39-,40-,43-,44-,45+,46+,47+/m0/s1. The zero-order chi connectivity index (χ0) is 46.7. The molecule has 0 radical (unpaired) electrons. The fraction of sp³-hybridized carbons (Fsp3) is 0.936. The van der Waals surface area contributed by atoms with Crippen LogP contribution in [0.5, 0.6) is 0 Å². The number of carbonyl (C=O) groups is 1. The molecule has 3 aliphatic heterocycles. The zero-order valence-electron chi connectivity index (χ0n) is 38.5. The fourth-order valence-corrected chi connectivity index (χ4v) is 14.7. The van der Waals surface area contributed by atoms with Crippen molar-refractivity contribution >= 4 is 5.97 Å². The van der Waals surface area contributed by atoms with Gasteiger partial charge in [-0.3, -0.25) is 4.79 Å². The van der Waals surface area contributed by atoms with Gasteiger partial charge in [0.25, 0.3) is 0 Å². The van der Waals surface area contributed by atoms with E-state index in [-0.39, 0.29) is 52.6 Å². The van der Waals surface area contributed by atoms with Crippen LogP contribution in [0.15, 0.2) is 11.6 Å². The first-order chi connectivity index (χ1) is 29.9. The lowest BCUT2D eigenvalue weighted by Gasteiger charge is -2.71. The SMILES string of the molecule is C[C@@H]1O[C@@H](OC[C@H]2O[C@@H](O[C@H]3[C@H](O[C@H]4CC[C@@]5(C)[C@@H](CC[C@]6(C)[C@@H]5CC=C5[C@H]7CC(C)(C)CC[C@@]7(C(=O)O)CC[C@]56C)[C@]4(C)CO)OC[C@H](O)[C@@H]3O)[C@H](O)[C@@H](O)[C@@H]2O)[C@H](O)[C@H](O)[C@H]1O. The lowest BCUT2D eigenvalue weighted by atomic mass is 9.33. The number of rotatable bonds is 9. The van der Waals surface area contributed by atoms with Crippen molar-refractivity contribution in [3.8, 4) is 0 Å². The highest BCUT2D eigenvalue weighted by atomic mass is 16.8. The van der Waals surface area contributed by atoms with Crippen molar-refractivity contribution < 1.29 is 84.3 Å². The largest absolute Gasteiger partial charge is 0.481 e. The Balaban J connectivity index is 0.999. The summed E-state index contributed by atoms with van der Waals surface area (Å²) in [6, 6.07) is 0. The van der Waals surface area contributed by atoms with Crippen molar-refractivity contribution in [3.63, 3.8) is 0 Å². The summed E-state index contributed by atoms with van der Waals surface area (Å²) in [7, 11) is 0. The second-order valence-corrected chi connectivity index (χ2v) is 22.9. The number of hydrogen-bond donors (Lipinski definition) is 10. The molecule has 0 unspecified atom stereocenters. The van der Waals surface area contributed by atoms with Gasteiger partial charge in [-0.05, 0) is 111 Å². The Morgan fingerprint density at radius 2 is 1.41 bits per heavy atom. The Labute approximate surface area is 376 Å². The maximum absolute atomic E-state index is 13.1. The molecule has 0 aromatic carbocycles. The van der Waals surface area contributed by atoms with Gasteiger partial charge in [-0.1, -0.05) is 53.2 Å². The Bertz CT molecular complexity index is 1750.